The molecule has 1 N–H and O–H groups in total. The van der Waals surface area contributed by atoms with E-state index in [1.807, 2.05) is 31.3 Å². The van der Waals surface area contributed by atoms with Gasteiger partial charge in [0.05, 0.1) is 25.3 Å². The minimum atomic E-state index is -0.362. The zero-order valence-corrected chi connectivity index (χ0v) is 20.3. The van der Waals surface area contributed by atoms with E-state index in [1.54, 1.807) is 12.1 Å². The van der Waals surface area contributed by atoms with Crippen molar-refractivity contribution in [3.63, 3.8) is 0 Å². The maximum absolute atomic E-state index is 12.9. The fourth-order valence-electron chi connectivity index (χ4n) is 5.24. The van der Waals surface area contributed by atoms with E-state index in [1.165, 1.54) is 44.8 Å². The molecule has 2 saturated carbocycles. The summed E-state index contributed by atoms with van der Waals surface area (Å²) in [5.41, 5.74) is 2.65. The van der Waals surface area contributed by atoms with Crippen molar-refractivity contribution >= 4 is 11.9 Å². The van der Waals surface area contributed by atoms with Crippen LogP contribution < -0.4 is 10.1 Å². The van der Waals surface area contributed by atoms with Gasteiger partial charge in [0, 0.05) is 18.2 Å². The number of carbonyl (C=O) groups is 2. The van der Waals surface area contributed by atoms with E-state index in [9.17, 15) is 9.59 Å². The number of benzene rings is 1. The van der Waals surface area contributed by atoms with E-state index >= 15 is 0 Å². The molecule has 3 atom stereocenters. The topological polar surface area (TPSA) is 77.5 Å². The highest BCUT2D eigenvalue weighted by molar-refractivity contribution is 5.89. The molecule has 6 nitrogen and oxygen atoms in total. The van der Waals surface area contributed by atoms with Crippen LogP contribution in [0.15, 0.2) is 42.6 Å². The number of carbonyl (C=O) groups excluding carboxylic acids is 2. The van der Waals surface area contributed by atoms with Gasteiger partial charge in [0.25, 0.3) is 0 Å². The molecular weight excluding hydrogens is 428 g/mol. The molecule has 1 aromatic heterocycles. The Hall–Kier alpha value is -2.89. The Morgan fingerprint density at radius 2 is 1.79 bits per heavy atom. The van der Waals surface area contributed by atoms with Gasteiger partial charge in [0.15, 0.2) is 0 Å². The van der Waals surface area contributed by atoms with Crippen molar-refractivity contribution in [1.29, 1.82) is 0 Å². The van der Waals surface area contributed by atoms with Crippen LogP contribution >= 0.6 is 0 Å². The van der Waals surface area contributed by atoms with Crippen LogP contribution in [0.25, 0.3) is 0 Å². The largest absolute Gasteiger partial charge is 0.477 e. The number of pyridine rings is 1. The molecule has 182 valence electrons. The highest BCUT2D eigenvalue weighted by Gasteiger charge is 2.31. The Kier molecular flexibility index (Phi) is 8.20. The van der Waals surface area contributed by atoms with Crippen LogP contribution in [0.3, 0.4) is 0 Å². The number of hydrogen-bond acceptors (Lipinski definition) is 5. The lowest BCUT2D eigenvalue weighted by Gasteiger charge is -2.21. The van der Waals surface area contributed by atoms with Crippen LogP contribution in [0, 0.1) is 11.8 Å². The van der Waals surface area contributed by atoms with Gasteiger partial charge in [-0.15, -0.1) is 0 Å². The Labute approximate surface area is 202 Å². The number of nitrogens with zero attached hydrogens (tertiary/aromatic N) is 1. The molecule has 2 aliphatic rings. The summed E-state index contributed by atoms with van der Waals surface area (Å²) in [6, 6.07) is 11.1. The predicted octanol–water partition coefficient (Wildman–Crippen LogP) is 5.59. The first-order valence-electron chi connectivity index (χ1n) is 12.6. The van der Waals surface area contributed by atoms with Crippen LogP contribution in [0.2, 0.25) is 0 Å². The van der Waals surface area contributed by atoms with Crippen LogP contribution in [0.1, 0.15) is 91.7 Å². The third kappa shape index (κ3) is 6.16. The molecule has 1 heterocycles. The average Bonchev–Trinajstić information content (AvgIpc) is 3.38. The first-order valence-corrected chi connectivity index (χ1v) is 12.6. The van der Waals surface area contributed by atoms with Crippen molar-refractivity contribution in [2.75, 3.05) is 13.7 Å². The first-order chi connectivity index (χ1) is 16.5. The van der Waals surface area contributed by atoms with Crippen molar-refractivity contribution in [3.8, 4) is 5.88 Å². The third-order valence-corrected chi connectivity index (χ3v) is 7.42. The fraction of sp³-hybridized carbons (Fsp3) is 0.536. The molecule has 0 bridgehead atoms. The summed E-state index contributed by atoms with van der Waals surface area (Å²) < 4.78 is 10.7. The van der Waals surface area contributed by atoms with Gasteiger partial charge in [0.1, 0.15) is 0 Å². The lowest BCUT2D eigenvalue weighted by Crippen LogP contribution is -2.31. The maximum Gasteiger partial charge on any atom is 0.337 e. The first kappa shape index (κ1) is 24.2. The van der Waals surface area contributed by atoms with Crippen molar-refractivity contribution in [2.45, 2.75) is 70.3 Å². The summed E-state index contributed by atoms with van der Waals surface area (Å²) in [4.78, 5) is 29.0. The van der Waals surface area contributed by atoms with Crippen molar-refractivity contribution < 1.29 is 19.1 Å². The predicted molar refractivity (Wildman–Crippen MR) is 131 cm³/mol. The van der Waals surface area contributed by atoms with Gasteiger partial charge in [-0.2, -0.15) is 0 Å². The lowest BCUT2D eigenvalue weighted by molar-refractivity contribution is -0.125. The number of nitrogens with one attached hydrogen (secondary N) is 1. The minimum Gasteiger partial charge on any atom is -0.477 e. The van der Waals surface area contributed by atoms with E-state index in [-0.39, 0.29) is 23.8 Å². The highest BCUT2D eigenvalue weighted by Crippen LogP contribution is 2.38. The van der Waals surface area contributed by atoms with Crippen molar-refractivity contribution in [1.82, 2.24) is 10.3 Å². The summed E-state index contributed by atoms with van der Waals surface area (Å²) in [5, 5.41) is 3.14. The zero-order valence-electron chi connectivity index (χ0n) is 20.3. The monoisotopic (exact) mass is 464 g/mol. The maximum atomic E-state index is 12.9. The second-order valence-electron chi connectivity index (χ2n) is 9.80. The number of ether oxygens (including phenoxy) is 2. The number of esters is 1. The summed E-state index contributed by atoms with van der Waals surface area (Å²) in [6.07, 6.45) is 11.1. The molecule has 0 saturated heterocycles. The SMILES string of the molecule is COC(=O)c1ccc([C@H](C)NC(=O)C2CCC(c3ccc(OCC4CCCCC4)nc3)C2)cc1. The van der Waals surface area contributed by atoms with Crippen LogP contribution in [-0.2, 0) is 9.53 Å². The van der Waals surface area contributed by atoms with Gasteiger partial charge in [-0.25, -0.2) is 9.78 Å². The van der Waals surface area contributed by atoms with Gasteiger partial charge in [0.2, 0.25) is 11.8 Å². The number of rotatable bonds is 8. The molecule has 6 heteroatoms. The number of aromatic nitrogens is 1. The van der Waals surface area contributed by atoms with E-state index in [2.05, 4.69) is 16.4 Å². The van der Waals surface area contributed by atoms with Crippen molar-refractivity contribution in [2.24, 2.45) is 11.8 Å². The smallest absolute Gasteiger partial charge is 0.337 e. The molecule has 2 aliphatic carbocycles. The molecule has 1 aromatic carbocycles. The molecule has 4 rings (SSSR count). The Morgan fingerprint density at radius 1 is 1.03 bits per heavy atom. The van der Waals surface area contributed by atoms with Gasteiger partial charge >= 0.3 is 5.97 Å². The third-order valence-electron chi connectivity index (χ3n) is 7.42. The Morgan fingerprint density at radius 3 is 2.47 bits per heavy atom. The molecule has 2 aromatic rings. The van der Waals surface area contributed by atoms with Gasteiger partial charge < -0.3 is 14.8 Å². The molecule has 1 amide bonds. The molecular formula is C28H36N2O4. The fourth-order valence-corrected chi connectivity index (χ4v) is 5.24. The molecule has 0 aliphatic heterocycles. The van der Waals surface area contributed by atoms with Gasteiger partial charge in [-0.3, -0.25) is 4.79 Å². The average molecular weight is 465 g/mol. The second-order valence-corrected chi connectivity index (χ2v) is 9.80. The van der Waals surface area contributed by atoms with E-state index in [0.29, 0.717) is 23.3 Å². The Bertz CT molecular complexity index is 951. The Balaban J connectivity index is 1.25. The lowest BCUT2D eigenvalue weighted by atomic mass is 9.90. The molecule has 0 radical (unpaired) electrons. The summed E-state index contributed by atoms with van der Waals surface area (Å²) in [7, 11) is 1.37. The normalized spacial score (nSPS) is 21.6. The highest BCUT2D eigenvalue weighted by atomic mass is 16.5. The van der Waals surface area contributed by atoms with Crippen molar-refractivity contribution in [3.05, 3.63) is 59.3 Å². The minimum absolute atomic E-state index is 0.00372. The summed E-state index contributed by atoms with van der Waals surface area (Å²) in [6.45, 7) is 2.73. The van der Waals surface area contributed by atoms with Crippen LogP contribution in [-0.4, -0.2) is 30.6 Å². The van der Waals surface area contributed by atoms with E-state index in [0.717, 1.165) is 31.4 Å². The summed E-state index contributed by atoms with van der Waals surface area (Å²) in [5.74, 6) is 1.45. The van der Waals surface area contributed by atoms with E-state index < -0.39 is 0 Å². The molecule has 2 unspecified atom stereocenters. The standard InChI is InChI=1S/C28H36N2O4/c1-19(21-8-10-22(11-9-21)28(32)33-2)30-27(31)24-13-12-23(16-24)25-14-15-26(29-17-25)34-18-20-6-4-3-5-7-20/h8-11,14-15,17,19-20,23-24H,3-7,12-13,16,18H2,1-2H3,(H,30,31)/t19-,23?,24?/m0/s1. The van der Waals surface area contributed by atoms with E-state index in [4.69, 9.17) is 9.47 Å². The van der Waals surface area contributed by atoms with Crippen LogP contribution in [0.5, 0.6) is 5.88 Å². The zero-order chi connectivity index (χ0) is 23.9. The number of hydrogen-bond donors (Lipinski definition) is 1. The molecule has 34 heavy (non-hydrogen) atoms. The number of amides is 1. The van der Waals surface area contributed by atoms with Gasteiger partial charge in [-0.05, 0) is 74.1 Å². The molecule has 0 spiro atoms. The quantitative estimate of drug-likeness (QED) is 0.516. The molecule has 2 fully saturated rings. The second kappa shape index (κ2) is 11.5. The summed E-state index contributed by atoms with van der Waals surface area (Å²) >= 11 is 0. The number of methoxy groups -OCH3 is 1. The van der Waals surface area contributed by atoms with Crippen LogP contribution in [0.4, 0.5) is 0 Å². The van der Waals surface area contributed by atoms with Gasteiger partial charge in [-0.1, -0.05) is 37.5 Å².